The molecular formula is C23H34N2O5S. The number of aliphatic hydroxyl groups excluding tert-OH is 1. The lowest BCUT2D eigenvalue weighted by molar-refractivity contribution is -0.131. The maximum atomic E-state index is 13.5. The lowest BCUT2D eigenvalue weighted by Gasteiger charge is -2.37. The third kappa shape index (κ3) is 4.96. The van der Waals surface area contributed by atoms with Crippen LogP contribution in [0.1, 0.15) is 52.0 Å². The van der Waals surface area contributed by atoms with Gasteiger partial charge in [0.1, 0.15) is 16.7 Å². The number of aliphatic hydroxyl groups is 1. The van der Waals surface area contributed by atoms with Crippen molar-refractivity contribution in [3.63, 3.8) is 0 Å². The number of rotatable bonds is 6. The Hall–Kier alpha value is -1.90. The van der Waals surface area contributed by atoms with E-state index in [9.17, 15) is 18.3 Å². The van der Waals surface area contributed by atoms with Gasteiger partial charge < -0.3 is 14.7 Å². The summed E-state index contributed by atoms with van der Waals surface area (Å²) in [6.45, 7) is 5.74. The maximum absolute atomic E-state index is 13.5. The minimum atomic E-state index is -3.85. The van der Waals surface area contributed by atoms with Crippen molar-refractivity contribution in [1.29, 1.82) is 0 Å². The zero-order valence-electron chi connectivity index (χ0n) is 18.9. The van der Waals surface area contributed by atoms with Crippen molar-refractivity contribution >= 4 is 21.5 Å². The molecule has 172 valence electrons. The van der Waals surface area contributed by atoms with Gasteiger partial charge in [0, 0.05) is 32.0 Å². The molecule has 3 atom stereocenters. The van der Waals surface area contributed by atoms with Crippen LogP contribution >= 0.6 is 0 Å². The van der Waals surface area contributed by atoms with Crippen LogP contribution in [0.4, 0.5) is 0 Å². The van der Waals surface area contributed by atoms with Crippen LogP contribution < -0.4 is 4.74 Å². The molecule has 3 rings (SSSR count). The zero-order valence-corrected chi connectivity index (χ0v) is 19.7. The normalized spacial score (nSPS) is 24.4. The quantitative estimate of drug-likeness (QED) is 0.720. The first-order valence-electron chi connectivity index (χ1n) is 11.1. The third-order valence-electron chi connectivity index (χ3n) is 6.26. The Bertz CT molecular complexity index is 943. The van der Waals surface area contributed by atoms with Crippen molar-refractivity contribution < 1.29 is 23.1 Å². The van der Waals surface area contributed by atoms with Gasteiger partial charge in [-0.3, -0.25) is 4.79 Å². The molecule has 1 aliphatic carbocycles. The summed E-state index contributed by atoms with van der Waals surface area (Å²) in [7, 11) is -2.11. The average Bonchev–Trinajstić information content (AvgIpc) is 3.29. The minimum absolute atomic E-state index is 0.0103. The molecule has 0 aromatic heterocycles. The molecule has 0 saturated heterocycles. The number of amides is 1. The predicted octanol–water partition coefficient (Wildman–Crippen LogP) is 2.89. The van der Waals surface area contributed by atoms with E-state index < -0.39 is 16.1 Å². The van der Waals surface area contributed by atoms with Gasteiger partial charge in [-0.15, -0.1) is 0 Å². The molecule has 1 aromatic rings. The van der Waals surface area contributed by atoms with Crippen molar-refractivity contribution in [3.8, 4) is 5.75 Å². The fourth-order valence-corrected chi connectivity index (χ4v) is 6.04. The molecule has 1 heterocycles. The molecule has 7 nitrogen and oxygen atoms in total. The first-order valence-corrected chi connectivity index (χ1v) is 12.5. The van der Waals surface area contributed by atoms with E-state index in [0.29, 0.717) is 18.7 Å². The van der Waals surface area contributed by atoms with Gasteiger partial charge in [-0.2, -0.15) is 4.31 Å². The smallest absolute Gasteiger partial charge is 0.247 e. The lowest BCUT2D eigenvalue weighted by Crippen LogP contribution is -2.50. The van der Waals surface area contributed by atoms with Gasteiger partial charge in [0.25, 0.3) is 0 Å². The van der Waals surface area contributed by atoms with Crippen LogP contribution in [0, 0.1) is 5.92 Å². The number of benzene rings is 1. The Labute approximate surface area is 185 Å². The Balaban J connectivity index is 2.07. The Morgan fingerprint density at radius 3 is 2.74 bits per heavy atom. The summed E-state index contributed by atoms with van der Waals surface area (Å²) in [6, 6.07) is 4.71. The summed E-state index contributed by atoms with van der Waals surface area (Å²) in [5.41, 5.74) is 2.17. The fraction of sp³-hybridized carbons (Fsp3) is 0.609. The van der Waals surface area contributed by atoms with E-state index in [1.807, 2.05) is 26.0 Å². The van der Waals surface area contributed by atoms with Gasteiger partial charge in [-0.05, 0) is 49.5 Å². The molecule has 0 radical (unpaired) electrons. The van der Waals surface area contributed by atoms with Crippen LogP contribution in [0.15, 0.2) is 29.2 Å². The number of sulfonamides is 1. The highest BCUT2D eigenvalue weighted by Gasteiger charge is 2.38. The predicted molar refractivity (Wildman–Crippen MR) is 120 cm³/mol. The third-order valence-corrected chi connectivity index (χ3v) is 8.28. The van der Waals surface area contributed by atoms with Crippen LogP contribution in [-0.2, 0) is 14.8 Å². The van der Waals surface area contributed by atoms with Gasteiger partial charge in [0.05, 0.1) is 13.2 Å². The van der Waals surface area contributed by atoms with Crippen LogP contribution in [0.25, 0.3) is 5.57 Å². The average molecular weight is 451 g/mol. The number of hydrogen-bond donors (Lipinski definition) is 1. The van der Waals surface area contributed by atoms with Crippen molar-refractivity contribution in [2.75, 3.05) is 26.7 Å². The number of ether oxygens (including phenoxy) is 1. The van der Waals surface area contributed by atoms with Gasteiger partial charge in [0.15, 0.2) is 0 Å². The molecule has 1 aliphatic heterocycles. The van der Waals surface area contributed by atoms with Crippen LogP contribution in [0.5, 0.6) is 5.75 Å². The number of nitrogens with zero attached hydrogens (tertiary/aromatic N) is 2. The molecule has 2 aliphatic rings. The second kappa shape index (κ2) is 9.71. The topological polar surface area (TPSA) is 87.2 Å². The van der Waals surface area contributed by atoms with Crippen molar-refractivity contribution in [3.05, 3.63) is 29.8 Å². The molecule has 0 saturated carbocycles. The van der Waals surface area contributed by atoms with Gasteiger partial charge in [-0.1, -0.05) is 26.0 Å². The molecule has 0 unspecified atom stereocenters. The van der Waals surface area contributed by atoms with Gasteiger partial charge in [0.2, 0.25) is 15.9 Å². The monoisotopic (exact) mass is 450 g/mol. The van der Waals surface area contributed by atoms with E-state index >= 15 is 0 Å². The lowest BCUT2D eigenvalue weighted by atomic mass is 10.0. The molecule has 8 heteroatoms. The molecule has 0 fully saturated rings. The van der Waals surface area contributed by atoms with Crippen molar-refractivity contribution in [2.45, 2.75) is 63.5 Å². The van der Waals surface area contributed by atoms with E-state index in [0.717, 1.165) is 24.8 Å². The summed E-state index contributed by atoms with van der Waals surface area (Å²) in [4.78, 5) is 13.9. The molecular weight excluding hydrogens is 416 g/mol. The Morgan fingerprint density at radius 1 is 1.39 bits per heavy atom. The Kier molecular flexibility index (Phi) is 7.44. The van der Waals surface area contributed by atoms with E-state index in [2.05, 4.69) is 6.08 Å². The van der Waals surface area contributed by atoms with Crippen LogP contribution in [0.3, 0.4) is 0 Å². The van der Waals surface area contributed by atoms with Crippen molar-refractivity contribution in [2.24, 2.45) is 5.92 Å². The SMILES string of the molecule is CCC(=O)N(C)C[C@@H]1Oc2cc(C3=CCCC3)ccc2S(=O)(=O)N([C@H](C)CO)C[C@H]1C. The van der Waals surface area contributed by atoms with E-state index in [4.69, 9.17) is 4.74 Å². The molecule has 1 N–H and O–H groups in total. The molecule has 1 amide bonds. The van der Waals surface area contributed by atoms with Crippen molar-refractivity contribution in [1.82, 2.24) is 9.21 Å². The van der Waals surface area contributed by atoms with Crippen LogP contribution in [-0.4, -0.2) is 67.5 Å². The number of carbonyl (C=O) groups excluding carboxylic acids is 1. The summed E-state index contributed by atoms with van der Waals surface area (Å²) in [6.07, 6.45) is 5.29. The first-order chi connectivity index (χ1) is 14.7. The molecule has 31 heavy (non-hydrogen) atoms. The minimum Gasteiger partial charge on any atom is -0.487 e. The number of hydrogen-bond acceptors (Lipinski definition) is 5. The number of likely N-dealkylation sites (N-methyl/N-ethyl adjacent to an activating group) is 1. The zero-order chi connectivity index (χ0) is 22.8. The highest BCUT2D eigenvalue weighted by Crippen LogP contribution is 2.37. The summed E-state index contributed by atoms with van der Waals surface area (Å²) in [5, 5.41) is 9.72. The van der Waals surface area contributed by atoms with E-state index in [-0.39, 0.29) is 36.0 Å². The van der Waals surface area contributed by atoms with Crippen LogP contribution in [0.2, 0.25) is 0 Å². The first kappa shape index (κ1) is 23.8. The second-order valence-corrected chi connectivity index (χ2v) is 10.5. The van der Waals surface area contributed by atoms with E-state index in [1.54, 1.807) is 24.9 Å². The highest BCUT2D eigenvalue weighted by atomic mass is 32.2. The standard InChI is InChI=1S/C23H34N2O5S/c1-5-23(27)24(4)14-21-16(2)13-25(17(3)15-26)31(28,29)22-11-10-19(12-20(22)30-21)18-8-6-7-9-18/h8,10-12,16-17,21,26H,5-7,9,13-15H2,1-4H3/t16-,17-,21+/m1/s1. The fourth-order valence-electron chi connectivity index (χ4n) is 4.22. The number of allylic oxidation sites excluding steroid dienone is 2. The largest absolute Gasteiger partial charge is 0.487 e. The van der Waals surface area contributed by atoms with Gasteiger partial charge >= 0.3 is 0 Å². The molecule has 0 spiro atoms. The highest BCUT2D eigenvalue weighted by molar-refractivity contribution is 7.89. The summed E-state index contributed by atoms with van der Waals surface area (Å²) < 4.78 is 34.7. The summed E-state index contributed by atoms with van der Waals surface area (Å²) in [5.74, 6) is 0.142. The maximum Gasteiger partial charge on any atom is 0.247 e. The van der Waals surface area contributed by atoms with Gasteiger partial charge in [-0.25, -0.2) is 8.42 Å². The second-order valence-electron chi connectivity index (χ2n) is 8.65. The summed E-state index contributed by atoms with van der Waals surface area (Å²) >= 11 is 0. The molecule has 0 bridgehead atoms. The molecule has 1 aromatic carbocycles. The number of carbonyl (C=O) groups is 1. The van der Waals surface area contributed by atoms with E-state index in [1.165, 1.54) is 9.88 Å². The Morgan fingerprint density at radius 2 is 2.13 bits per heavy atom. The number of fused-ring (bicyclic) bond motifs is 1.